The summed E-state index contributed by atoms with van der Waals surface area (Å²) in [4.78, 5) is 30.3. The normalized spacial score (nSPS) is 11.4. The van der Waals surface area contributed by atoms with Gasteiger partial charge in [-0.1, -0.05) is 35.1 Å². The number of anilines is 1. The summed E-state index contributed by atoms with van der Waals surface area (Å²) in [5, 5.41) is 6.36. The second-order valence-corrected chi connectivity index (χ2v) is 8.76. The molecule has 0 bridgehead atoms. The smallest absolute Gasteiger partial charge is 0.287 e. The third-order valence-electron chi connectivity index (χ3n) is 4.95. The molecule has 0 unspecified atom stereocenters. The third-order valence-corrected chi connectivity index (χ3v) is 6.20. The number of aromatic nitrogens is 1. The van der Waals surface area contributed by atoms with Crippen molar-refractivity contribution in [2.24, 2.45) is 5.10 Å². The van der Waals surface area contributed by atoms with Crippen molar-refractivity contribution >= 4 is 61.4 Å². The van der Waals surface area contributed by atoms with Crippen LogP contribution < -0.4 is 15.2 Å². The van der Waals surface area contributed by atoms with Crippen LogP contribution in [0.1, 0.15) is 5.56 Å². The molecule has 2 heterocycles. The Morgan fingerprint density at radius 2 is 1.97 bits per heavy atom. The second kappa shape index (κ2) is 9.65. The Kier molecular flexibility index (Phi) is 6.26. The number of rotatable bonds is 6. The molecule has 7 nitrogen and oxygen atoms in total. The number of hydrogen-bond acceptors (Lipinski definition) is 7. The van der Waals surface area contributed by atoms with Crippen molar-refractivity contribution < 1.29 is 18.3 Å². The van der Waals surface area contributed by atoms with Crippen LogP contribution in [0.4, 0.5) is 9.52 Å². The van der Waals surface area contributed by atoms with Crippen molar-refractivity contribution in [1.82, 2.24) is 4.98 Å². The monoisotopic (exact) mass is 507 g/mol. The number of hydrogen-bond donors (Lipinski definition) is 0. The number of benzene rings is 3. The quantitative estimate of drug-likeness (QED) is 0.219. The molecular weight excluding hydrogens is 493 g/mol. The standard InChI is InChI=1S/C25H15ClFN3O4S/c26-16-5-8-18(9-6-16)33-14-23(31)30(25-29-20-10-7-17(27)11-22(20)35-25)28-12-15-13-34-21-4-2-1-3-19(21)24(15)32/h1-13H,14H2/b28-12+. The van der Waals surface area contributed by atoms with Gasteiger partial charge in [0.15, 0.2) is 6.61 Å². The molecule has 0 aliphatic carbocycles. The number of amides is 1. The lowest BCUT2D eigenvalue weighted by atomic mass is 10.2. The molecule has 0 saturated heterocycles. The van der Waals surface area contributed by atoms with Gasteiger partial charge in [0, 0.05) is 5.02 Å². The van der Waals surface area contributed by atoms with Gasteiger partial charge in [-0.25, -0.2) is 9.37 Å². The van der Waals surface area contributed by atoms with Crippen LogP contribution in [0.2, 0.25) is 5.02 Å². The van der Waals surface area contributed by atoms with E-state index in [0.717, 1.165) is 16.3 Å². The van der Waals surface area contributed by atoms with E-state index in [1.54, 1.807) is 48.5 Å². The molecule has 0 fully saturated rings. The maximum absolute atomic E-state index is 13.7. The Morgan fingerprint density at radius 3 is 2.80 bits per heavy atom. The molecule has 0 atom stereocenters. The van der Waals surface area contributed by atoms with Crippen LogP contribution in [-0.2, 0) is 4.79 Å². The van der Waals surface area contributed by atoms with E-state index < -0.39 is 11.7 Å². The van der Waals surface area contributed by atoms with Crippen molar-refractivity contribution in [3.63, 3.8) is 0 Å². The van der Waals surface area contributed by atoms with Gasteiger partial charge in [-0.3, -0.25) is 9.59 Å². The summed E-state index contributed by atoms with van der Waals surface area (Å²) in [5.74, 6) is -0.539. The summed E-state index contributed by atoms with van der Waals surface area (Å²) < 4.78 is 25.3. The topological polar surface area (TPSA) is 85.0 Å². The zero-order chi connectivity index (χ0) is 24.4. The lowest BCUT2D eigenvalue weighted by Crippen LogP contribution is -2.31. The van der Waals surface area contributed by atoms with Gasteiger partial charge in [-0.2, -0.15) is 10.1 Å². The molecule has 2 aromatic heterocycles. The Labute approximate surface area is 206 Å². The molecule has 1 amide bonds. The molecule has 35 heavy (non-hydrogen) atoms. The highest BCUT2D eigenvalue weighted by Gasteiger charge is 2.21. The first kappa shape index (κ1) is 22.7. The first-order valence-corrected chi connectivity index (χ1v) is 11.5. The van der Waals surface area contributed by atoms with E-state index in [-0.39, 0.29) is 22.7 Å². The summed E-state index contributed by atoms with van der Waals surface area (Å²) in [7, 11) is 0. The Balaban J connectivity index is 1.48. The number of nitrogens with zero attached hydrogens (tertiary/aromatic N) is 3. The largest absolute Gasteiger partial charge is 0.484 e. The van der Waals surface area contributed by atoms with Crippen molar-refractivity contribution in [3.05, 3.63) is 99.6 Å². The fourth-order valence-corrected chi connectivity index (χ4v) is 4.33. The maximum atomic E-state index is 13.7. The molecule has 0 N–H and O–H groups in total. The summed E-state index contributed by atoms with van der Waals surface area (Å²) in [6.07, 6.45) is 2.50. The van der Waals surface area contributed by atoms with Gasteiger partial charge in [0.25, 0.3) is 5.91 Å². The van der Waals surface area contributed by atoms with Gasteiger partial charge in [0.05, 0.1) is 27.4 Å². The van der Waals surface area contributed by atoms with E-state index in [4.69, 9.17) is 20.8 Å². The van der Waals surface area contributed by atoms with Crippen molar-refractivity contribution in [2.45, 2.75) is 0 Å². The second-order valence-electron chi connectivity index (χ2n) is 7.32. The van der Waals surface area contributed by atoms with Crippen molar-refractivity contribution in [3.8, 4) is 5.75 Å². The van der Waals surface area contributed by atoms with E-state index in [1.165, 1.54) is 30.7 Å². The zero-order valence-corrected chi connectivity index (χ0v) is 19.4. The number of hydrazone groups is 1. The predicted molar refractivity (Wildman–Crippen MR) is 134 cm³/mol. The number of carbonyl (C=O) groups excluding carboxylic acids is 1. The van der Waals surface area contributed by atoms with Crippen LogP contribution >= 0.6 is 22.9 Å². The van der Waals surface area contributed by atoms with Crippen LogP contribution in [0.15, 0.2) is 87.3 Å². The molecule has 3 aromatic carbocycles. The van der Waals surface area contributed by atoms with E-state index in [2.05, 4.69) is 10.1 Å². The average Bonchev–Trinajstić information content (AvgIpc) is 3.28. The average molecular weight is 508 g/mol. The molecule has 0 aliphatic heterocycles. The fraction of sp³-hybridized carbons (Fsp3) is 0.0400. The SMILES string of the molecule is O=C(COc1ccc(Cl)cc1)N(/N=C/c1coc2ccccc2c1=O)c1nc2ccc(F)cc2s1. The van der Waals surface area contributed by atoms with Crippen LogP contribution in [0, 0.1) is 5.82 Å². The number of para-hydroxylation sites is 1. The molecule has 0 spiro atoms. The molecule has 10 heteroatoms. The maximum Gasteiger partial charge on any atom is 0.287 e. The summed E-state index contributed by atoms with van der Waals surface area (Å²) in [5.41, 5.74) is 0.787. The minimum absolute atomic E-state index is 0.146. The molecule has 0 radical (unpaired) electrons. The molecule has 0 saturated carbocycles. The van der Waals surface area contributed by atoms with E-state index in [1.807, 2.05) is 0 Å². The summed E-state index contributed by atoms with van der Waals surface area (Å²) in [6, 6.07) is 17.5. The third kappa shape index (κ3) is 4.91. The van der Waals surface area contributed by atoms with Gasteiger partial charge in [0.1, 0.15) is 23.4 Å². The lowest BCUT2D eigenvalue weighted by molar-refractivity contribution is -0.120. The van der Waals surface area contributed by atoms with Crippen LogP contribution in [0.3, 0.4) is 0 Å². The fourth-order valence-electron chi connectivity index (χ4n) is 3.24. The van der Waals surface area contributed by atoms with Crippen molar-refractivity contribution in [2.75, 3.05) is 11.6 Å². The van der Waals surface area contributed by atoms with Crippen LogP contribution in [-0.4, -0.2) is 23.7 Å². The van der Waals surface area contributed by atoms with Crippen LogP contribution in [0.25, 0.3) is 21.2 Å². The molecule has 5 aromatic rings. The van der Waals surface area contributed by atoms with Gasteiger partial charge >= 0.3 is 0 Å². The minimum atomic E-state index is -0.555. The first-order chi connectivity index (χ1) is 17.0. The number of thiazole rings is 1. The number of ether oxygens (including phenoxy) is 1. The highest BCUT2D eigenvalue weighted by molar-refractivity contribution is 7.22. The molecular formula is C25H15ClFN3O4S. The van der Waals surface area contributed by atoms with Gasteiger partial charge in [-0.05, 0) is 54.6 Å². The highest BCUT2D eigenvalue weighted by atomic mass is 35.5. The van der Waals surface area contributed by atoms with E-state index in [9.17, 15) is 14.0 Å². The van der Waals surface area contributed by atoms with E-state index in [0.29, 0.717) is 32.0 Å². The van der Waals surface area contributed by atoms with Crippen LogP contribution in [0.5, 0.6) is 5.75 Å². The predicted octanol–water partition coefficient (Wildman–Crippen LogP) is 5.64. The number of fused-ring (bicyclic) bond motifs is 2. The van der Waals surface area contributed by atoms with E-state index >= 15 is 0 Å². The molecule has 174 valence electrons. The Morgan fingerprint density at radius 1 is 1.17 bits per heavy atom. The minimum Gasteiger partial charge on any atom is -0.484 e. The molecule has 5 rings (SSSR count). The lowest BCUT2D eigenvalue weighted by Gasteiger charge is -2.14. The van der Waals surface area contributed by atoms with Gasteiger partial charge in [0.2, 0.25) is 10.6 Å². The highest BCUT2D eigenvalue weighted by Crippen LogP contribution is 2.30. The van der Waals surface area contributed by atoms with Crippen molar-refractivity contribution in [1.29, 1.82) is 0 Å². The van der Waals surface area contributed by atoms with Gasteiger partial charge in [-0.15, -0.1) is 0 Å². The number of halogens is 2. The first-order valence-electron chi connectivity index (χ1n) is 10.3. The van der Waals surface area contributed by atoms with Gasteiger partial charge < -0.3 is 9.15 Å². The molecule has 0 aliphatic rings. The Bertz CT molecular complexity index is 1630. The zero-order valence-electron chi connectivity index (χ0n) is 17.9. The Hall–Kier alpha value is -4.08. The summed E-state index contributed by atoms with van der Waals surface area (Å²) >= 11 is 6.97. The number of carbonyl (C=O) groups is 1. The summed E-state index contributed by atoms with van der Waals surface area (Å²) in [6.45, 7) is -0.365.